The van der Waals surface area contributed by atoms with Crippen molar-refractivity contribution in [2.75, 3.05) is 24.6 Å². The van der Waals surface area contributed by atoms with Crippen LogP contribution in [0, 0.1) is 0 Å². The first-order valence-electron chi connectivity index (χ1n) is 10.0. The number of carboxylic acids is 1. The number of urea groups is 1. The summed E-state index contributed by atoms with van der Waals surface area (Å²) in [5, 5.41) is 11.2. The van der Waals surface area contributed by atoms with Crippen molar-refractivity contribution in [1.29, 1.82) is 0 Å². The van der Waals surface area contributed by atoms with Crippen molar-refractivity contribution in [3.63, 3.8) is 0 Å². The van der Waals surface area contributed by atoms with Gasteiger partial charge in [0.2, 0.25) is 0 Å². The van der Waals surface area contributed by atoms with E-state index >= 15 is 0 Å². The molecule has 3 amide bonds. The van der Waals surface area contributed by atoms with E-state index in [9.17, 15) is 23.2 Å². The first-order valence-corrected chi connectivity index (χ1v) is 10.4. The number of carbonyl (C=O) groups is 3. The SMILES string of the molecule is C[C@@H]1CN(C(=O)c2ccc(OCC(F)F)cc2Cl)c2ccccc2CN1C(=O)NCC(=O)O. The molecule has 1 aliphatic rings. The number of carbonyl (C=O) groups excluding carboxylic acids is 2. The van der Waals surface area contributed by atoms with Crippen molar-refractivity contribution in [2.45, 2.75) is 25.9 Å². The van der Waals surface area contributed by atoms with Crippen LogP contribution in [0.2, 0.25) is 5.02 Å². The lowest BCUT2D eigenvalue weighted by atomic mass is 10.1. The Morgan fingerprint density at radius 3 is 2.64 bits per heavy atom. The number of amides is 3. The van der Waals surface area contributed by atoms with Crippen molar-refractivity contribution in [1.82, 2.24) is 10.2 Å². The van der Waals surface area contributed by atoms with Crippen molar-refractivity contribution in [3.05, 3.63) is 58.6 Å². The Labute approximate surface area is 193 Å². The number of halogens is 3. The second-order valence-corrected chi connectivity index (χ2v) is 7.82. The van der Waals surface area contributed by atoms with E-state index in [1.807, 2.05) is 0 Å². The van der Waals surface area contributed by atoms with E-state index in [4.69, 9.17) is 21.4 Å². The quantitative estimate of drug-likeness (QED) is 0.656. The van der Waals surface area contributed by atoms with Crippen molar-refractivity contribution in [2.24, 2.45) is 0 Å². The van der Waals surface area contributed by atoms with Crippen LogP contribution in [0.15, 0.2) is 42.5 Å². The van der Waals surface area contributed by atoms with Crippen LogP contribution in [-0.2, 0) is 11.3 Å². The van der Waals surface area contributed by atoms with E-state index in [0.29, 0.717) is 11.3 Å². The van der Waals surface area contributed by atoms with Gasteiger partial charge in [-0.15, -0.1) is 0 Å². The number of benzene rings is 2. The highest BCUT2D eigenvalue weighted by Gasteiger charge is 2.32. The van der Waals surface area contributed by atoms with E-state index in [2.05, 4.69) is 5.32 Å². The topological polar surface area (TPSA) is 99.2 Å². The highest BCUT2D eigenvalue weighted by atomic mass is 35.5. The predicted molar refractivity (Wildman–Crippen MR) is 117 cm³/mol. The summed E-state index contributed by atoms with van der Waals surface area (Å²) in [5.74, 6) is -1.49. The number of alkyl halides is 2. The van der Waals surface area contributed by atoms with Crippen LogP contribution in [-0.4, -0.2) is 60.1 Å². The molecule has 0 bridgehead atoms. The van der Waals surface area contributed by atoms with Gasteiger partial charge >= 0.3 is 12.0 Å². The number of nitrogens with zero attached hydrogens (tertiary/aromatic N) is 2. The third-order valence-corrected chi connectivity index (χ3v) is 5.36. The number of para-hydroxylation sites is 1. The average Bonchev–Trinajstić information content (AvgIpc) is 2.92. The van der Waals surface area contributed by atoms with E-state index in [1.165, 1.54) is 28.0 Å². The molecule has 0 unspecified atom stereocenters. The second-order valence-electron chi connectivity index (χ2n) is 7.42. The number of anilines is 1. The van der Waals surface area contributed by atoms with Gasteiger partial charge in [-0.3, -0.25) is 9.59 Å². The first-order chi connectivity index (χ1) is 15.7. The summed E-state index contributed by atoms with van der Waals surface area (Å²) >= 11 is 6.27. The van der Waals surface area contributed by atoms with Gasteiger partial charge in [-0.1, -0.05) is 29.8 Å². The minimum atomic E-state index is -2.64. The van der Waals surface area contributed by atoms with Gasteiger partial charge in [0.15, 0.2) is 0 Å². The zero-order valence-corrected chi connectivity index (χ0v) is 18.4. The summed E-state index contributed by atoms with van der Waals surface area (Å²) in [4.78, 5) is 39.8. The zero-order chi connectivity index (χ0) is 24.1. The lowest BCUT2D eigenvalue weighted by molar-refractivity contribution is -0.135. The van der Waals surface area contributed by atoms with Crippen molar-refractivity contribution in [3.8, 4) is 5.75 Å². The highest BCUT2D eigenvalue weighted by Crippen LogP contribution is 2.31. The summed E-state index contributed by atoms with van der Waals surface area (Å²) < 4.78 is 29.7. The minimum absolute atomic E-state index is 0.0391. The Balaban J connectivity index is 1.88. The Hall–Kier alpha value is -3.40. The van der Waals surface area contributed by atoms with Gasteiger partial charge in [0, 0.05) is 24.8 Å². The molecular weight excluding hydrogens is 460 g/mol. The molecule has 0 fully saturated rings. The number of aliphatic carboxylic acids is 1. The fraction of sp³-hybridized carbons (Fsp3) is 0.318. The summed E-state index contributed by atoms with van der Waals surface area (Å²) in [6.07, 6.45) is -2.64. The summed E-state index contributed by atoms with van der Waals surface area (Å²) in [6, 6.07) is 10.1. The molecule has 0 radical (unpaired) electrons. The van der Waals surface area contributed by atoms with Gasteiger partial charge in [-0.25, -0.2) is 13.6 Å². The lowest BCUT2D eigenvalue weighted by Gasteiger charge is -2.29. The highest BCUT2D eigenvalue weighted by molar-refractivity contribution is 6.34. The molecule has 0 aromatic heterocycles. The number of rotatable bonds is 6. The molecular formula is C22H22ClF2N3O5. The fourth-order valence-corrected chi connectivity index (χ4v) is 3.74. The molecule has 0 saturated carbocycles. The molecule has 0 saturated heterocycles. The normalized spacial score (nSPS) is 15.6. The van der Waals surface area contributed by atoms with Crippen LogP contribution in [0.25, 0.3) is 0 Å². The summed E-state index contributed by atoms with van der Waals surface area (Å²) in [7, 11) is 0. The number of carboxylic acid groups (broad SMARTS) is 1. The molecule has 33 heavy (non-hydrogen) atoms. The molecule has 8 nitrogen and oxygen atoms in total. The number of hydrogen-bond acceptors (Lipinski definition) is 4. The predicted octanol–water partition coefficient (Wildman–Crippen LogP) is 3.63. The van der Waals surface area contributed by atoms with Gasteiger partial charge in [-0.05, 0) is 36.8 Å². The maximum atomic E-state index is 13.4. The third-order valence-electron chi connectivity index (χ3n) is 5.05. The van der Waals surface area contributed by atoms with Gasteiger partial charge < -0.3 is 25.0 Å². The van der Waals surface area contributed by atoms with Crippen LogP contribution in [0.3, 0.4) is 0 Å². The van der Waals surface area contributed by atoms with Crippen LogP contribution in [0.4, 0.5) is 19.3 Å². The number of hydrogen-bond donors (Lipinski definition) is 2. The molecule has 1 aliphatic heterocycles. The molecule has 2 aromatic carbocycles. The van der Waals surface area contributed by atoms with Crippen LogP contribution >= 0.6 is 11.6 Å². The first kappa shape index (κ1) is 24.2. The monoisotopic (exact) mass is 481 g/mol. The number of nitrogens with one attached hydrogen (secondary N) is 1. The molecule has 176 valence electrons. The molecule has 0 aliphatic carbocycles. The van der Waals surface area contributed by atoms with Crippen molar-refractivity contribution < 1.29 is 33.0 Å². The number of ether oxygens (including phenoxy) is 1. The van der Waals surface area contributed by atoms with Crippen LogP contribution in [0.5, 0.6) is 5.75 Å². The number of fused-ring (bicyclic) bond motifs is 1. The molecule has 0 spiro atoms. The summed E-state index contributed by atoms with van der Waals surface area (Å²) in [6.45, 7) is 0.717. The Kier molecular flexibility index (Phi) is 7.70. The lowest BCUT2D eigenvalue weighted by Crippen LogP contribution is -2.49. The second kappa shape index (κ2) is 10.5. The largest absolute Gasteiger partial charge is 0.488 e. The Morgan fingerprint density at radius 1 is 1.24 bits per heavy atom. The molecule has 3 rings (SSSR count). The Morgan fingerprint density at radius 2 is 1.97 bits per heavy atom. The van der Waals surface area contributed by atoms with E-state index in [0.717, 1.165) is 0 Å². The van der Waals surface area contributed by atoms with Gasteiger partial charge in [0.05, 0.1) is 10.6 Å². The van der Waals surface area contributed by atoms with Crippen LogP contribution in [0.1, 0.15) is 22.8 Å². The molecule has 1 atom stereocenters. The molecule has 2 aromatic rings. The van der Waals surface area contributed by atoms with Crippen LogP contribution < -0.4 is 15.0 Å². The smallest absolute Gasteiger partial charge is 0.323 e. The zero-order valence-electron chi connectivity index (χ0n) is 17.6. The molecule has 11 heteroatoms. The van der Waals surface area contributed by atoms with E-state index in [-0.39, 0.29) is 29.4 Å². The standard InChI is InChI=1S/C22H22ClF2N3O5/c1-13-10-28(21(31)16-7-6-15(8-17(16)23)33-12-19(24)25)18-5-3-2-4-14(18)11-27(13)22(32)26-9-20(29)30/h2-8,13,19H,9-12H2,1H3,(H,26,32)(H,29,30)/t13-/m1/s1. The maximum Gasteiger partial charge on any atom is 0.323 e. The maximum absolute atomic E-state index is 13.4. The fourth-order valence-electron chi connectivity index (χ4n) is 3.49. The molecule has 2 N–H and O–H groups in total. The van der Waals surface area contributed by atoms with Gasteiger partial charge in [0.25, 0.3) is 12.3 Å². The third kappa shape index (κ3) is 5.89. The van der Waals surface area contributed by atoms with E-state index < -0.39 is 43.5 Å². The minimum Gasteiger partial charge on any atom is -0.488 e. The summed E-state index contributed by atoms with van der Waals surface area (Å²) in [5.41, 5.74) is 1.41. The van der Waals surface area contributed by atoms with Crippen molar-refractivity contribution >= 4 is 35.2 Å². The Bertz CT molecular complexity index is 1050. The average molecular weight is 482 g/mol. The molecule has 1 heterocycles. The van der Waals surface area contributed by atoms with Gasteiger partial charge in [-0.2, -0.15) is 0 Å². The van der Waals surface area contributed by atoms with Gasteiger partial charge in [0.1, 0.15) is 18.9 Å². The van der Waals surface area contributed by atoms with E-state index in [1.54, 1.807) is 31.2 Å².